The van der Waals surface area contributed by atoms with E-state index in [9.17, 15) is 4.79 Å². The molecule has 1 amide bonds. The molecule has 1 heterocycles. The summed E-state index contributed by atoms with van der Waals surface area (Å²) in [4.78, 5) is 12.6. The van der Waals surface area contributed by atoms with Gasteiger partial charge in [-0.15, -0.1) is 5.10 Å². The highest BCUT2D eigenvalue weighted by atomic mass is 16.1. The predicted octanol–water partition coefficient (Wildman–Crippen LogP) is 4.68. The van der Waals surface area contributed by atoms with Crippen LogP contribution in [0.5, 0.6) is 0 Å². The number of aromatic nitrogens is 3. The smallest absolute Gasteiger partial charge is 0.244 e. The van der Waals surface area contributed by atoms with Crippen LogP contribution in [-0.2, 0) is 11.3 Å². The summed E-state index contributed by atoms with van der Waals surface area (Å²) in [6.45, 7) is 2.67. The first kappa shape index (κ1) is 21.2. The van der Waals surface area contributed by atoms with E-state index in [1.165, 1.54) is 17.2 Å². The Balaban J connectivity index is 1.42. The van der Waals surface area contributed by atoms with Gasteiger partial charge in [0.2, 0.25) is 5.91 Å². The summed E-state index contributed by atoms with van der Waals surface area (Å²) in [7, 11) is 0. The Bertz CT molecular complexity index is 1110. The molecule has 3 aromatic carbocycles. The third kappa shape index (κ3) is 5.58. The second kappa shape index (κ2) is 10.4. The number of hydrogen-bond donors (Lipinski definition) is 1. The number of hydrogen-bond acceptors (Lipinski definition) is 3. The second-order valence-corrected chi connectivity index (χ2v) is 7.76. The van der Waals surface area contributed by atoms with Crippen LogP contribution in [0, 0.1) is 0 Å². The number of benzene rings is 3. The average molecular weight is 423 g/mol. The zero-order valence-electron chi connectivity index (χ0n) is 18.0. The summed E-state index contributed by atoms with van der Waals surface area (Å²) in [5.41, 5.74) is 4.12. The maximum atomic E-state index is 12.6. The Morgan fingerprint density at radius 1 is 0.906 bits per heavy atom. The van der Waals surface area contributed by atoms with Crippen LogP contribution < -0.4 is 5.32 Å². The molecule has 32 heavy (non-hydrogen) atoms. The van der Waals surface area contributed by atoms with E-state index in [0.29, 0.717) is 12.2 Å². The molecule has 1 N–H and O–H groups in total. The molecule has 0 aliphatic carbocycles. The molecule has 0 saturated heterocycles. The van der Waals surface area contributed by atoms with E-state index >= 15 is 0 Å². The predicted molar refractivity (Wildman–Crippen MR) is 127 cm³/mol. The van der Waals surface area contributed by atoms with Gasteiger partial charge in [0.15, 0.2) is 0 Å². The molecule has 0 saturated carbocycles. The van der Waals surface area contributed by atoms with Crippen LogP contribution in [0.2, 0.25) is 0 Å². The molecular formula is C27H26N4O. The maximum Gasteiger partial charge on any atom is 0.244 e. The summed E-state index contributed by atoms with van der Waals surface area (Å²) >= 11 is 0. The van der Waals surface area contributed by atoms with Crippen molar-refractivity contribution >= 4 is 12.0 Å². The molecule has 5 nitrogen and oxygen atoms in total. The molecule has 1 aromatic heterocycles. The zero-order valence-corrected chi connectivity index (χ0v) is 18.0. The molecule has 0 radical (unpaired) electrons. The fraction of sp³-hybridized carbons (Fsp3) is 0.148. The highest BCUT2D eigenvalue weighted by Gasteiger charge is 2.22. The lowest BCUT2D eigenvalue weighted by Gasteiger charge is -2.25. The lowest BCUT2D eigenvalue weighted by atomic mass is 9.86. The van der Waals surface area contributed by atoms with Crippen molar-refractivity contribution in [3.8, 4) is 0 Å². The van der Waals surface area contributed by atoms with Gasteiger partial charge in [0.1, 0.15) is 5.69 Å². The molecule has 160 valence electrons. The number of carbonyl (C=O) groups is 1. The Hall–Kier alpha value is -3.99. The van der Waals surface area contributed by atoms with E-state index in [1.807, 2.05) is 79.9 Å². The van der Waals surface area contributed by atoms with Crippen molar-refractivity contribution in [2.45, 2.75) is 25.4 Å². The molecule has 5 heteroatoms. The van der Waals surface area contributed by atoms with Gasteiger partial charge in [0, 0.05) is 18.0 Å². The van der Waals surface area contributed by atoms with Gasteiger partial charge in [-0.2, -0.15) is 0 Å². The van der Waals surface area contributed by atoms with Crippen LogP contribution in [0.3, 0.4) is 0 Å². The third-order valence-electron chi connectivity index (χ3n) is 5.34. The molecule has 1 unspecified atom stereocenters. The van der Waals surface area contributed by atoms with Gasteiger partial charge in [-0.3, -0.25) is 4.79 Å². The SMILES string of the molecule is CC(NC(=O)/C=C/c1cn(Cc2ccccc2)nn1)C(c1ccccc1)c1ccccc1. The van der Waals surface area contributed by atoms with Crippen molar-refractivity contribution < 1.29 is 4.79 Å². The van der Waals surface area contributed by atoms with Crippen molar-refractivity contribution in [3.05, 3.63) is 126 Å². The van der Waals surface area contributed by atoms with Crippen molar-refractivity contribution in [1.82, 2.24) is 20.3 Å². The summed E-state index contributed by atoms with van der Waals surface area (Å²) < 4.78 is 1.76. The average Bonchev–Trinajstić information content (AvgIpc) is 3.27. The quantitative estimate of drug-likeness (QED) is 0.420. The maximum absolute atomic E-state index is 12.6. The van der Waals surface area contributed by atoms with E-state index in [4.69, 9.17) is 0 Å². The molecular weight excluding hydrogens is 396 g/mol. The van der Waals surface area contributed by atoms with E-state index < -0.39 is 0 Å². The Kier molecular flexibility index (Phi) is 6.88. The van der Waals surface area contributed by atoms with Gasteiger partial charge in [-0.1, -0.05) is 96.2 Å². The summed E-state index contributed by atoms with van der Waals surface area (Å²) in [6.07, 6.45) is 5.04. The van der Waals surface area contributed by atoms with Crippen LogP contribution in [0.15, 0.2) is 103 Å². The fourth-order valence-corrected chi connectivity index (χ4v) is 3.84. The van der Waals surface area contributed by atoms with Crippen molar-refractivity contribution in [1.29, 1.82) is 0 Å². The number of nitrogens with one attached hydrogen (secondary N) is 1. The van der Waals surface area contributed by atoms with E-state index in [-0.39, 0.29) is 17.9 Å². The standard InChI is InChI=1S/C27H26N4O/c1-21(27(23-13-7-3-8-14-23)24-15-9-4-10-16-24)28-26(32)18-17-25-20-31(30-29-25)19-22-11-5-2-6-12-22/h2-18,20-21,27H,19H2,1H3,(H,28,32)/b18-17+. The summed E-state index contributed by atoms with van der Waals surface area (Å²) in [5, 5.41) is 11.4. The number of amides is 1. The molecule has 0 aliphatic rings. The first-order chi connectivity index (χ1) is 15.7. The largest absolute Gasteiger partial charge is 0.349 e. The number of nitrogens with zero attached hydrogens (tertiary/aromatic N) is 3. The Labute approximate surface area is 188 Å². The van der Waals surface area contributed by atoms with E-state index in [0.717, 1.165) is 5.56 Å². The van der Waals surface area contributed by atoms with Crippen LogP contribution in [0.4, 0.5) is 0 Å². The van der Waals surface area contributed by atoms with Crippen molar-refractivity contribution in [2.24, 2.45) is 0 Å². The van der Waals surface area contributed by atoms with Crippen molar-refractivity contribution in [2.75, 3.05) is 0 Å². The van der Waals surface area contributed by atoms with E-state index in [2.05, 4.69) is 39.9 Å². The van der Waals surface area contributed by atoms with Crippen LogP contribution in [-0.4, -0.2) is 26.9 Å². The normalized spacial score (nSPS) is 12.2. The van der Waals surface area contributed by atoms with Crippen molar-refractivity contribution in [3.63, 3.8) is 0 Å². The topological polar surface area (TPSA) is 59.8 Å². The lowest BCUT2D eigenvalue weighted by Crippen LogP contribution is -2.36. The Morgan fingerprint density at radius 3 is 2.06 bits per heavy atom. The van der Waals surface area contributed by atoms with Gasteiger partial charge < -0.3 is 5.32 Å². The second-order valence-electron chi connectivity index (χ2n) is 7.76. The molecule has 4 rings (SSSR count). The number of carbonyl (C=O) groups excluding carboxylic acids is 1. The highest BCUT2D eigenvalue weighted by Crippen LogP contribution is 2.27. The first-order valence-electron chi connectivity index (χ1n) is 10.7. The van der Waals surface area contributed by atoms with E-state index in [1.54, 1.807) is 10.8 Å². The molecule has 0 fully saturated rings. The molecule has 0 bridgehead atoms. The summed E-state index contributed by atoms with van der Waals surface area (Å²) in [6, 6.07) is 30.5. The van der Waals surface area contributed by atoms with Crippen LogP contribution >= 0.6 is 0 Å². The lowest BCUT2D eigenvalue weighted by molar-refractivity contribution is -0.117. The van der Waals surface area contributed by atoms with Crippen LogP contribution in [0.1, 0.15) is 35.2 Å². The minimum absolute atomic E-state index is 0.0569. The minimum atomic E-state index is -0.160. The van der Waals surface area contributed by atoms with Gasteiger partial charge in [-0.05, 0) is 29.7 Å². The van der Waals surface area contributed by atoms with Gasteiger partial charge in [-0.25, -0.2) is 4.68 Å². The molecule has 0 aliphatic heterocycles. The van der Waals surface area contributed by atoms with Gasteiger partial charge >= 0.3 is 0 Å². The summed E-state index contributed by atoms with van der Waals surface area (Å²) in [5.74, 6) is -0.103. The number of rotatable bonds is 8. The molecule has 0 spiro atoms. The van der Waals surface area contributed by atoms with Gasteiger partial charge in [0.25, 0.3) is 0 Å². The minimum Gasteiger partial charge on any atom is -0.349 e. The zero-order chi connectivity index (χ0) is 22.2. The fourth-order valence-electron chi connectivity index (χ4n) is 3.84. The molecule has 1 atom stereocenters. The van der Waals surface area contributed by atoms with Gasteiger partial charge in [0.05, 0.1) is 12.7 Å². The highest BCUT2D eigenvalue weighted by molar-refractivity contribution is 5.91. The Morgan fingerprint density at radius 2 is 1.47 bits per heavy atom. The van der Waals surface area contributed by atoms with Crippen LogP contribution in [0.25, 0.3) is 6.08 Å². The third-order valence-corrected chi connectivity index (χ3v) is 5.34. The molecule has 4 aromatic rings. The monoisotopic (exact) mass is 422 g/mol. The first-order valence-corrected chi connectivity index (χ1v) is 10.7.